The maximum atomic E-state index is 10.5. The smallest absolute Gasteiger partial charge is 0.332 e. The van der Waals surface area contributed by atoms with Gasteiger partial charge in [0, 0.05) is 12.5 Å². The van der Waals surface area contributed by atoms with Crippen molar-refractivity contribution in [1.29, 1.82) is 0 Å². The summed E-state index contributed by atoms with van der Waals surface area (Å²) >= 11 is 0. The maximum Gasteiger partial charge on any atom is 0.332 e. The van der Waals surface area contributed by atoms with Gasteiger partial charge in [-0.05, 0) is 33.6 Å². The average Bonchev–Trinajstić information content (AvgIpc) is 3.35. The number of carboxylic acid groups (broad SMARTS) is 1. The Morgan fingerprint density at radius 1 is 1.15 bits per heavy atom. The highest BCUT2D eigenvalue weighted by molar-refractivity contribution is 5.72. The third kappa shape index (κ3) is 22.1. The van der Waals surface area contributed by atoms with E-state index in [1.807, 2.05) is 71.0 Å². The van der Waals surface area contributed by atoms with E-state index in [0.29, 0.717) is 13.0 Å². The van der Waals surface area contributed by atoms with Crippen LogP contribution in [0.2, 0.25) is 0 Å². The molecule has 0 spiro atoms. The summed E-state index contributed by atoms with van der Waals surface area (Å²) in [6.45, 7) is 12.9. The number of carbonyl (C=O) groups is 1. The highest BCUT2D eigenvalue weighted by Gasteiger charge is 2.15. The number of hydrogen-bond acceptors (Lipinski definition) is 5. The molecule has 0 amide bonds. The monoisotopic (exact) mass is 461 g/mol. The van der Waals surface area contributed by atoms with E-state index in [1.54, 1.807) is 18.5 Å². The van der Waals surface area contributed by atoms with Crippen molar-refractivity contribution in [3.05, 3.63) is 78.4 Å². The Hall–Kier alpha value is -2.86. The minimum atomic E-state index is -0.874. The van der Waals surface area contributed by atoms with Gasteiger partial charge < -0.3 is 19.1 Å². The van der Waals surface area contributed by atoms with E-state index in [1.165, 1.54) is 5.56 Å². The van der Waals surface area contributed by atoms with Crippen LogP contribution in [0.1, 0.15) is 65.2 Å². The summed E-state index contributed by atoms with van der Waals surface area (Å²) in [7, 11) is 0. The molecule has 1 heterocycles. The summed E-state index contributed by atoms with van der Waals surface area (Å²) in [6, 6.07) is 12.1. The van der Waals surface area contributed by atoms with Crippen LogP contribution in [0.5, 0.6) is 0 Å². The van der Waals surface area contributed by atoms with E-state index in [2.05, 4.69) is 24.2 Å². The molecule has 1 unspecified atom stereocenters. The molecule has 1 atom stereocenters. The molecule has 1 N–H and O–H groups in total. The second kappa shape index (κ2) is 25.4. The number of carboxylic acids is 1. The van der Waals surface area contributed by atoms with Gasteiger partial charge in [0.1, 0.15) is 5.76 Å². The van der Waals surface area contributed by atoms with Crippen molar-refractivity contribution >= 4 is 5.97 Å². The van der Waals surface area contributed by atoms with E-state index in [0.717, 1.165) is 31.6 Å². The molecule has 0 fully saturated rings. The van der Waals surface area contributed by atoms with E-state index in [4.69, 9.17) is 19.1 Å². The number of nitrogens with zero attached hydrogens (tertiary/aromatic N) is 1. The second-order valence-corrected chi connectivity index (χ2v) is 6.60. The van der Waals surface area contributed by atoms with Crippen molar-refractivity contribution in [2.45, 2.75) is 73.3 Å². The topological polar surface area (TPSA) is 81.8 Å². The van der Waals surface area contributed by atoms with Crippen molar-refractivity contribution in [1.82, 2.24) is 5.16 Å². The molecule has 0 aliphatic rings. The summed E-state index contributed by atoms with van der Waals surface area (Å²) in [4.78, 5) is 10.5. The molecule has 1 aromatic heterocycles. The first-order chi connectivity index (χ1) is 16.0. The molecule has 0 bridgehead atoms. The lowest BCUT2D eigenvalue weighted by Crippen LogP contribution is -2.23. The van der Waals surface area contributed by atoms with E-state index in [9.17, 15) is 4.79 Å². The first-order valence-electron chi connectivity index (χ1n) is 11.6. The van der Waals surface area contributed by atoms with E-state index >= 15 is 0 Å². The van der Waals surface area contributed by atoms with Crippen molar-refractivity contribution < 1.29 is 23.9 Å². The Morgan fingerprint density at radius 3 is 2.30 bits per heavy atom. The number of benzene rings is 1. The van der Waals surface area contributed by atoms with Crippen LogP contribution in [0.3, 0.4) is 0 Å². The molecule has 0 radical (unpaired) electrons. The highest BCUT2D eigenvalue weighted by atomic mass is 16.5. The SMILES string of the molecule is C/C=C/OCCCc1ccno1.C/C=C\COC(CCC)C(=O)O.CC.Cc1ccccc1. The van der Waals surface area contributed by atoms with Crippen molar-refractivity contribution in [2.75, 3.05) is 13.2 Å². The third-order valence-corrected chi connectivity index (χ3v) is 3.81. The standard InChI is InChI=1S/C9H13NO2.C9H16O3.C7H8.C2H6/c1-2-7-11-8-3-4-9-5-6-10-12-9;1-3-5-7-12-8(6-4-2)9(10)11;1-7-5-3-2-4-6-7;1-2/h2,5-7H,3-4,8H2,1H3;3,5,8H,4,6-7H2,1-2H3,(H,10,11);2-6H,1H3;1-2H3/b7-2+;5-3-;;. The number of rotatable bonds is 11. The lowest BCUT2D eigenvalue weighted by molar-refractivity contribution is -0.150. The molecule has 0 saturated carbocycles. The Kier molecular flexibility index (Phi) is 24.9. The van der Waals surface area contributed by atoms with Gasteiger partial charge in [-0.3, -0.25) is 0 Å². The molecule has 6 heteroatoms. The molecule has 6 nitrogen and oxygen atoms in total. The zero-order valence-corrected chi connectivity index (χ0v) is 21.2. The lowest BCUT2D eigenvalue weighted by atomic mass is 10.2. The highest BCUT2D eigenvalue weighted by Crippen LogP contribution is 2.02. The van der Waals surface area contributed by atoms with Crippen molar-refractivity contribution in [3.8, 4) is 0 Å². The Balaban J connectivity index is 0. The summed E-state index contributed by atoms with van der Waals surface area (Å²) in [5, 5.41) is 12.3. The number of allylic oxidation sites excluding steroid dienone is 2. The van der Waals surface area contributed by atoms with Crippen LogP contribution < -0.4 is 0 Å². The van der Waals surface area contributed by atoms with Gasteiger partial charge in [0.2, 0.25) is 0 Å². The fraction of sp³-hybridized carbons (Fsp3) is 0.481. The molecule has 2 rings (SSSR count). The van der Waals surface area contributed by atoms with Crippen molar-refractivity contribution in [3.63, 3.8) is 0 Å². The van der Waals surface area contributed by atoms with Crippen LogP contribution in [0.4, 0.5) is 0 Å². The zero-order chi connectivity index (χ0) is 25.2. The second-order valence-electron chi connectivity index (χ2n) is 6.60. The average molecular weight is 462 g/mol. The van der Waals surface area contributed by atoms with Gasteiger partial charge in [0.25, 0.3) is 0 Å². The van der Waals surface area contributed by atoms with Crippen LogP contribution in [-0.2, 0) is 20.7 Å². The summed E-state index contributed by atoms with van der Waals surface area (Å²) in [6.07, 6.45) is 11.5. The molecule has 0 aliphatic heterocycles. The Labute approximate surface area is 200 Å². The summed E-state index contributed by atoms with van der Waals surface area (Å²) in [5.74, 6) is 0.0421. The number of aryl methyl sites for hydroxylation is 2. The van der Waals surface area contributed by atoms with Gasteiger partial charge in [-0.15, -0.1) is 0 Å². The summed E-state index contributed by atoms with van der Waals surface area (Å²) in [5.41, 5.74) is 1.32. The predicted molar refractivity (Wildman–Crippen MR) is 135 cm³/mol. The van der Waals surface area contributed by atoms with E-state index in [-0.39, 0.29) is 0 Å². The van der Waals surface area contributed by atoms with Gasteiger partial charge in [-0.2, -0.15) is 0 Å². The molecular weight excluding hydrogens is 418 g/mol. The zero-order valence-electron chi connectivity index (χ0n) is 21.2. The number of hydrogen-bond donors (Lipinski definition) is 1. The largest absolute Gasteiger partial charge is 0.502 e. The summed E-state index contributed by atoms with van der Waals surface area (Å²) < 4.78 is 15.2. The first-order valence-corrected chi connectivity index (χ1v) is 11.6. The number of ether oxygens (including phenoxy) is 2. The normalized spacial score (nSPS) is 10.8. The Bertz CT molecular complexity index is 697. The maximum absolute atomic E-state index is 10.5. The van der Waals surface area contributed by atoms with Crippen LogP contribution in [-0.4, -0.2) is 35.6 Å². The van der Waals surface area contributed by atoms with Crippen LogP contribution in [0.15, 0.2) is 71.6 Å². The molecular formula is C27H43NO5. The quantitative estimate of drug-likeness (QED) is 0.220. The van der Waals surface area contributed by atoms with Gasteiger partial charge >= 0.3 is 5.97 Å². The first kappa shape index (κ1) is 32.3. The minimum Gasteiger partial charge on any atom is -0.502 e. The van der Waals surface area contributed by atoms with Gasteiger partial charge in [0.05, 0.1) is 25.7 Å². The van der Waals surface area contributed by atoms with Crippen molar-refractivity contribution in [2.24, 2.45) is 0 Å². The number of aliphatic carboxylic acids is 1. The molecule has 186 valence electrons. The molecule has 0 saturated heterocycles. The van der Waals surface area contributed by atoms with Gasteiger partial charge in [-0.1, -0.05) is 86.5 Å². The molecule has 1 aromatic carbocycles. The fourth-order valence-corrected chi connectivity index (χ4v) is 2.21. The van der Waals surface area contributed by atoms with Gasteiger partial charge in [-0.25, -0.2) is 4.79 Å². The predicted octanol–water partition coefficient (Wildman–Crippen LogP) is 7.01. The fourth-order valence-electron chi connectivity index (χ4n) is 2.21. The minimum absolute atomic E-state index is 0.382. The van der Waals surface area contributed by atoms with Crippen LogP contribution in [0.25, 0.3) is 0 Å². The van der Waals surface area contributed by atoms with Crippen LogP contribution in [0, 0.1) is 6.92 Å². The van der Waals surface area contributed by atoms with Crippen LogP contribution >= 0.6 is 0 Å². The third-order valence-electron chi connectivity index (χ3n) is 3.81. The molecule has 2 aromatic rings. The molecule has 33 heavy (non-hydrogen) atoms. The number of aromatic nitrogens is 1. The van der Waals surface area contributed by atoms with Gasteiger partial charge in [0.15, 0.2) is 6.10 Å². The Morgan fingerprint density at radius 2 is 1.85 bits per heavy atom. The lowest BCUT2D eigenvalue weighted by Gasteiger charge is -2.10. The van der Waals surface area contributed by atoms with E-state index < -0.39 is 12.1 Å². The molecule has 0 aliphatic carbocycles.